The number of rotatable bonds is 10. The predicted octanol–water partition coefficient (Wildman–Crippen LogP) is -0.684. The van der Waals surface area contributed by atoms with E-state index in [0.717, 1.165) is 32.5 Å². The molecule has 6 heteroatoms. The van der Waals surface area contributed by atoms with Crippen LogP contribution in [0.3, 0.4) is 0 Å². The first-order valence-corrected chi connectivity index (χ1v) is 7.04. The molecule has 0 bridgehead atoms. The van der Waals surface area contributed by atoms with E-state index in [1.54, 1.807) is 18.2 Å². The van der Waals surface area contributed by atoms with E-state index in [-0.39, 0.29) is 68.6 Å². The fraction of sp³-hybridized carbons (Fsp3) is 0.533. The molecule has 0 radical (unpaired) electrons. The summed E-state index contributed by atoms with van der Waals surface area (Å²) in [5, 5.41) is 16.7. The second-order valence-corrected chi connectivity index (χ2v) is 4.42. The Hall–Kier alpha value is 0.0464. The van der Waals surface area contributed by atoms with Gasteiger partial charge in [0, 0.05) is 18.7 Å². The van der Waals surface area contributed by atoms with Crippen LogP contribution in [-0.4, -0.2) is 43.9 Å². The SMILES string of the molecule is CCCOCCNCCC[N-]C(=O)c1ccccc1O.[K+]. The molecule has 0 spiro atoms. The summed E-state index contributed by atoms with van der Waals surface area (Å²) in [7, 11) is 0. The van der Waals surface area contributed by atoms with Crippen LogP contribution in [0, 0.1) is 0 Å². The Labute approximate surface area is 169 Å². The molecule has 5 nitrogen and oxygen atoms in total. The van der Waals surface area contributed by atoms with Crippen molar-refractivity contribution in [2.75, 3.05) is 32.8 Å². The first kappa shape index (κ1) is 21.0. The van der Waals surface area contributed by atoms with Crippen LogP contribution in [0.5, 0.6) is 5.75 Å². The molecule has 1 rings (SSSR count). The Balaban J connectivity index is 0.00000400. The third kappa shape index (κ3) is 9.62. The minimum atomic E-state index is -0.366. The van der Waals surface area contributed by atoms with Crippen LogP contribution in [-0.2, 0) is 4.74 Å². The zero-order chi connectivity index (χ0) is 14.6. The van der Waals surface area contributed by atoms with Gasteiger partial charge in [0.25, 0.3) is 0 Å². The molecule has 21 heavy (non-hydrogen) atoms. The number of phenols is 1. The second-order valence-electron chi connectivity index (χ2n) is 4.42. The van der Waals surface area contributed by atoms with Gasteiger partial charge in [-0.25, -0.2) is 0 Å². The minimum Gasteiger partial charge on any atom is -0.649 e. The van der Waals surface area contributed by atoms with Crippen molar-refractivity contribution in [3.63, 3.8) is 0 Å². The molecule has 112 valence electrons. The van der Waals surface area contributed by atoms with Crippen molar-refractivity contribution in [2.24, 2.45) is 0 Å². The number of nitrogens with zero attached hydrogens (tertiary/aromatic N) is 1. The van der Waals surface area contributed by atoms with E-state index in [0.29, 0.717) is 13.2 Å². The van der Waals surface area contributed by atoms with Gasteiger partial charge < -0.3 is 25.3 Å². The molecule has 0 heterocycles. The monoisotopic (exact) mass is 318 g/mol. The summed E-state index contributed by atoms with van der Waals surface area (Å²) in [5.74, 6) is -0.387. The van der Waals surface area contributed by atoms with Crippen molar-refractivity contribution in [1.29, 1.82) is 0 Å². The van der Waals surface area contributed by atoms with Gasteiger partial charge >= 0.3 is 51.4 Å². The molecule has 0 aliphatic heterocycles. The first-order valence-electron chi connectivity index (χ1n) is 7.04. The van der Waals surface area contributed by atoms with Crippen molar-refractivity contribution >= 4 is 5.91 Å². The average molecular weight is 318 g/mol. The van der Waals surface area contributed by atoms with Gasteiger partial charge in [-0.2, -0.15) is 0 Å². The van der Waals surface area contributed by atoms with Gasteiger partial charge in [-0.1, -0.05) is 25.5 Å². The molecule has 0 atom stereocenters. The van der Waals surface area contributed by atoms with Gasteiger partial charge in [0.2, 0.25) is 0 Å². The third-order valence-electron chi connectivity index (χ3n) is 2.67. The third-order valence-corrected chi connectivity index (χ3v) is 2.67. The Bertz CT molecular complexity index is 402. The average Bonchev–Trinajstić information content (AvgIpc) is 2.46. The molecule has 2 N–H and O–H groups in total. The normalized spacial score (nSPS) is 9.95. The number of carbonyl (C=O) groups is 1. The van der Waals surface area contributed by atoms with E-state index in [1.807, 2.05) is 0 Å². The summed E-state index contributed by atoms with van der Waals surface area (Å²) in [6, 6.07) is 6.45. The van der Waals surface area contributed by atoms with Crippen molar-refractivity contribution in [2.45, 2.75) is 19.8 Å². The summed E-state index contributed by atoms with van der Waals surface area (Å²) in [4.78, 5) is 11.7. The van der Waals surface area contributed by atoms with Gasteiger partial charge in [0.15, 0.2) is 0 Å². The van der Waals surface area contributed by atoms with Crippen LogP contribution in [0.4, 0.5) is 0 Å². The number of hydrogen-bond donors (Lipinski definition) is 2. The van der Waals surface area contributed by atoms with Crippen molar-refractivity contribution in [1.82, 2.24) is 5.32 Å². The molecule has 0 fully saturated rings. The van der Waals surface area contributed by atoms with Crippen molar-refractivity contribution in [3.05, 3.63) is 35.1 Å². The molecule has 1 amide bonds. The van der Waals surface area contributed by atoms with E-state index in [2.05, 4.69) is 17.6 Å². The Morgan fingerprint density at radius 3 is 2.76 bits per heavy atom. The van der Waals surface area contributed by atoms with Crippen LogP contribution in [0.1, 0.15) is 30.1 Å². The summed E-state index contributed by atoms with van der Waals surface area (Å²) >= 11 is 0. The maximum Gasteiger partial charge on any atom is 1.00 e. The number of aromatic hydroxyl groups is 1. The largest absolute Gasteiger partial charge is 1.00 e. The molecule has 0 aliphatic rings. The van der Waals surface area contributed by atoms with E-state index in [1.165, 1.54) is 6.07 Å². The summed E-state index contributed by atoms with van der Waals surface area (Å²) in [5.41, 5.74) is 0.258. The van der Waals surface area contributed by atoms with Crippen molar-refractivity contribution < 1.29 is 66.0 Å². The molecule has 1 aromatic rings. The number of nitrogens with one attached hydrogen (secondary N) is 1. The standard InChI is InChI=1S/C15H24N2O3.K/c1-2-11-20-12-10-16-8-5-9-17-15(19)13-6-3-4-7-14(13)18;/h3-4,6-7,16H,2,5,8-12H2,1H3,(H2,17,18,19);/q;+1/p-1. The van der Waals surface area contributed by atoms with E-state index in [9.17, 15) is 9.90 Å². The predicted molar refractivity (Wildman–Crippen MR) is 79.3 cm³/mol. The maximum absolute atomic E-state index is 11.7. The quantitative estimate of drug-likeness (QED) is 0.443. The minimum absolute atomic E-state index is 0. The molecular weight excluding hydrogens is 295 g/mol. The first-order chi connectivity index (χ1) is 9.75. The van der Waals surface area contributed by atoms with E-state index < -0.39 is 0 Å². The van der Waals surface area contributed by atoms with Crippen LogP contribution in [0.2, 0.25) is 0 Å². The number of ether oxygens (including phenoxy) is 1. The van der Waals surface area contributed by atoms with Crippen LogP contribution >= 0.6 is 0 Å². The van der Waals surface area contributed by atoms with Gasteiger partial charge in [-0.15, -0.1) is 6.54 Å². The van der Waals surface area contributed by atoms with E-state index in [4.69, 9.17) is 4.74 Å². The number of para-hydroxylation sites is 1. The fourth-order valence-electron chi connectivity index (χ4n) is 1.64. The van der Waals surface area contributed by atoms with E-state index >= 15 is 0 Å². The van der Waals surface area contributed by atoms with Gasteiger partial charge in [0.1, 0.15) is 5.75 Å². The Morgan fingerprint density at radius 2 is 2.05 bits per heavy atom. The number of carbonyl (C=O) groups excluding carboxylic acids is 1. The molecule has 0 saturated heterocycles. The smallest absolute Gasteiger partial charge is 0.649 e. The molecule has 0 aliphatic carbocycles. The second kappa shape index (κ2) is 13.7. The number of hydrogen-bond acceptors (Lipinski definition) is 4. The summed E-state index contributed by atoms with van der Waals surface area (Å²) in [6.45, 7) is 5.65. The molecule has 0 aromatic heterocycles. The maximum atomic E-state index is 11.7. The fourth-order valence-corrected chi connectivity index (χ4v) is 1.64. The number of phenolic OH excluding ortho intramolecular Hbond substituents is 1. The Kier molecular flexibility index (Phi) is 13.7. The zero-order valence-corrected chi connectivity index (χ0v) is 16.1. The summed E-state index contributed by atoms with van der Waals surface area (Å²) in [6.07, 6.45) is 1.82. The topological polar surface area (TPSA) is 72.7 Å². The van der Waals surface area contributed by atoms with Crippen LogP contribution in [0.15, 0.2) is 24.3 Å². The number of benzene rings is 1. The number of amides is 1. The molecular formula is C15H23KN2O3. The molecule has 0 unspecified atom stereocenters. The molecule has 1 aromatic carbocycles. The zero-order valence-electron chi connectivity index (χ0n) is 13.0. The molecule has 0 saturated carbocycles. The van der Waals surface area contributed by atoms with Crippen molar-refractivity contribution in [3.8, 4) is 5.75 Å². The Morgan fingerprint density at radius 1 is 1.29 bits per heavy atom. The van der Waals surface area contributed by atoms with Crippen LogP contribution in [0.25, 0.3) is 5.32 Å². The van der Waals surface area contributed by atoms with Gasteiger partial charge in [-0.3, -0.25) is 0 Å². The van der Waals surface area contributed by atoms with Gasteiger partial charge in [0.05, 0.1) is 12.5 Å². The van der Waals surface area contributed by atoms with Gasteiger partial charge in [-0.05, 0) is 25.1 Å². The summed E-state index contributed by atoms with van der Waals surface area (Å²) < 4.78 is 5.33. The van der Waals surface area contributed by atoms with Crippen LogP contribution < -0.4 is 56.7 Å².